The molecule has 104 valence electrons. The number of carboxylic acids is 1. The molecule has 0 saturated carbocycles. The number of nitrogens with zero attached hydrogens (tertiary/aromatic N) is 1. The van der Waals surface area contributed by atoms with Crippen molar-refractivity contribution in [1.29, 1.82) is 0 Å². The number of piperidine rings is 1. The molecule has 1 aromatic heterocycles. The average Bonchev–Trinajstić information content (AvgIpc) is 2.90. The standard InChI is InChI=1S/C14H19NO3S/c1-10(11-5-3-8-19-11)12(16)15-7-4-6-14(2,9-15)13(17)18/h3,5,8,10H,4,6-7,9H2,1-2H3,(H,17,18). The van der Waals surface area contributed by atoms with E-state index in [4.69, 9.17) is 0 Å². The zero-order valence-electron chi connectivity index (χ0n) is 11.3. The lowest BCUT2D eigenvalue weighted by molar-refractivity contribution is -0.153. The highest BCUT2D eigenvalue weighted by Gasteiger charge is 2.40. The first-order valence-electron chi connectivity index (χ1n) is 6.49. The minimum atomic E-state index is -0.811. The van der Waals surface area contributed by atoms with Crippen molar-refractivity contribution in [2.75, 3.05) is 13.1 Å². The first-order valence-corrected chi connectivity index (χ1v) is 7.37. The fourth-order valence-electron chi connectivity index (χ4n) is 2.54. The number of carbonyl (C=O) groups is 2. The molecular weight excluding hydrogens is 262 g/mol. The van der Waals surface area contributed by atoms with E-state index < -0.39 is 11.4 Å². The minimum Gasteiger partial charge on any atom is -0.481 e. The molecule has 2 heterocycles. The van der Waals surface area contributed by atoms with Crippen LogP contribution in [0.15, 0.2) is 17.5 Å². The summed E-state index contributed by atoms with van der Waals surface area (Å²) in [6.07, 6.45) is 1.39. The van der Waals surface area contributed by atoms with Gasteiger partial charge in [-0.15, -0.1) is 11.3 Å². The van der Waals surface area contributed by atoms with E-state index in [1.807, 2.05) is 24.4 Å². The summed E-state index contributed by atoms with van der Waals surface area (Å²) in [6.45, 7) is 4.60. The van der Waals surface area contributed by atoms with Gasteiger partial charge in [0.05, 0.1) is 11.3 Å². The van der Waals surface area contributed by atoms with Gasteiger partial charge in [0, 0.05) is 18.0 Å². The smallest absolute Gasteiger partial charge is 0.311 e. The van der Waals surface area contributed by atoms with E-state index in [1.165, 1.54) is 0 Å². The van der Waals surface area contributed by atoms with Gasteiger partial charge in [-0.05, 0) is 38.1 Å². The maximum absolute atomic E-state index is 12.4. The van der Waals surface area contributed by atoms with E-state index in [2.05, 4.69) is 0 Å². The Bertz CT molecular complexity index is 471. The maximum atomic E-state index is 12.4. The van der Waals surface area contributed by atoms with Gasteiger partial charge in [-0.25, -0.2) is 0 Å². The Balaban J connectivity index is 2.09. The largest absolute Gasteiger partial charge is 0.481 e. The Morgan fingerprint density at radius 3 is 2.84 bits per heavy atom. The summed E-state index contributed by atoms with van der Waals surface area (Å²) in [5.41, 5.74) is -0.803. The van der Waals surface area contributed by atoms with Crippen molar-refractivity contribution in [2.24, 2.45) is 5.41 Å². The van der Waals surface area contributed by atoms with Gasteiger partial charge >= 0.3 is 5.97 Å². The number of aliphatic carboxylic acids is 1. The van der Waals surface area contributed by atoms with Crippen LogP contribution in [0.5, 0.6) is 0 Å². The predicted molar refractivity (Wildman–Crippen MR) is 74.3 cm³/mol. The molecule has 4 nitrogen and oxygen atoms in total. The molecule has 0 bridgehead atoms. The van der Waals surface area contributed by atoms with E-state index >= 15 is 0 Å². The molecule has 1 aliphatic rings. The number of likely N-dealkylation sites (tertiary alicyclic amines) is 1. The third-order valence-electron chi connectivity index (χ3n) is 3.86. The second-order valence-electron chi connectivity index (χ2n) is 5.47. The van der Waals surface area contributed by atoms with Gasteiger partial charge in [-0.1, -0.05) is 6.07 Å². The first kappa shape index (κ1) is 14.1. The SMILES string of the molecule is CC(C(=O)N1CCCC(C)(C(=O)O)C1)c1cccs1. The molecule has 1 aliphatic heterocycles. The number of rotatable bonds is 3. The maximum Gasteiger partial charge on any atom is 0.311 e. The lowest BCUT2D eigenvalue weighted by Crippen LogP contribution is -2.49. The van der Waals surface area contributed by atoms with Crippen LogP contribution in [0.3, 0.4) is 0 Å². The summed E-state index contributed by atoms with van der Waals surface area (Å²) in [7, 11) is 0. The highest BCUT2D eigenvalue weighted by atomic mass is 32.1. The zero-order chi connectivity index (χ0) is 14.0. The molecule has 1 amide bonds. The van der Waals surface area contributed by atoms with Gasteiger partial charge in [0.25, 0.3) is 0 Å². The molecule has 0 aromatic carbocycles. The fourth-order valence-corrected chi connectivity index (χ4v) is 3.31. The fraction of sp³-hybridized carbons (Fsp3) is 0.571. The highest BCUT2D eigenvalue weighted by molar-refractivity contribution is 7.10. The van der Waals surface area contributed by atoms with Crippen LogP contribution >= 0.6 is 11.3 Å². The number of carbonyl (C=O) groups excluding carboxylic acids is 1. The predicted octanol–water partition coefficient (Wildman–Crippen LogP) is 2.56. The van der Waals surface area contributed by atoms with Crippen molar-refractivity contribution in [2.45, 2.75) is 32.6 Å². The van der Waals surface area contributed by atoms with E-state index in [1.54, 1.807) is 23.2 Å². The lowest BCUT2D eigenvalue weighted by Gasteiger charge is -2.38. The second-order valence-corrected chi connectivity index (χ2v) is 6.45. The van der Waals surface area contributed by atoms with Crippen molar-refractivity contribution in [3.05, 3.63) is 22.4 Å². The molecule has 1 fully saturated rings. The summed E-state index contributed by atoms with van der Waals surface area (Å²) < 4.78 is 0. The van der Waals surface area contributed by atoms with Crippen molar-refractivity contribution < 1.29 is 14.7 Å². The summed E-state index contributed by atoms with van der Waals surface area (Å²) in [5, 5.41) is 11.2. The first-order chi connectivity index (χ1) is 8.94. The highest BCUT2D eigenvalue weighted by Crippen LogP contribution is 2.32. The van der Waals surface area contributed by atoms with Gasteiger partial charge in [-0.3, -0.25) is 9.59 Å². The summed E-state index contributed by atoms with van der Waals surface area (Å²) >= 11 is 1.57. The molecule has 2 atom stereocenters. The van der Waals surface area contributed by atoms with Crippen LogP contribution < -0.4 is 0 Å². The average molecular weight is 281 g/mol. The summed E-state index contributed by atoms with van der Waals surface area (Å²) in [4.78, 5) is 26.5. The van der Waals surface area contributed by atoms with E-state index in [0.717, 1.165) is 11.3 Å². The van der Waals surface area contributed by atoms with Crippen LogP contribution in [0.1, 0.15) is 37.5 Å². The Morgan fingerprint density at radius 1 is 1.53 bits per heavy atom. The van der Waals surface area contributed by atoms with Crippen LogP contribution in [0, 0.1) is 5.41 Å². The van der Waals surface area contributed by atoms with Crippen LogP contribution in [-0.4, -0.2) is 35.0 Å². The molecule has 1 aromatic rings. The van der Waals surface area contributed by atoms with E-state index in [-0.39, 0.29) is 11.8 Å². The molecule has 2 rings (SSSR count). The normalized spacial score (nSPS) is 25.1. The molecule has 19 heavy (non-hydrogen) atoms. The minimum absolute atomic E-state index is 0.0367. The van der Waals surface area contributed by atoms with E-state index in [0.29, 0.717) is 19.5 Å². The number of thiophene rings is 1. The van der Waals surface area contributed by atoms with Crippen LogP contribution in [0.4, 0.5) is 0 Å². The van der Waals surface area contributed by atoms with Crippen molar-refractivity contribution in [1.82, 2.24) is 4.90 Å². The molecule has 0 radical (unpaired) electrons. The monoisotopic (exact) mass is 281 g/mol. The van der Waals surface area contributed by atoms with Crippen LogP contribution in [0.25, 0.3) is 0 Å². The third kappa shape index (κ3) is 2.81. The molecule has 1 N–H and O–H groups in total. The molecular formula is C14H19NO3S. The molecule has 0 aliphatic carbocycles. The van der Waals surface area contributed by atoms with Crippen molar-refractivity contribution in [3.63, 3.8) is 0 Å². The number of hydrogen-bond donors (Lipinski definition) is 1. The van der Waals surface area contributed by atoms with Crippen LogP contribution in [0.2, 0.25) is 0 Å². The Morgan fingerprint density at radius 2 is 2.26 bits per heavy atom. The van der Waals surface area contributed by atoms with Gasteiger partial charge < -0.3 is 10.0 Å². The second kappa shape index (κ2) is 5.33. The summed E-state index contributed by atoms with van der Waals surface area (Å²) in [5.74, 6) is -0.959. The van der Waals surface area contributed by atoms with Gasteiger partial charge in [0.1, 0.15) is 0 Å². The molecule has 0 spiro atoms. The zero-order valence-corrected chi connectivity index (χ0v) is 12.1. The Hall–Kier alpha value is -1.36. The lowest BCUT2D eigenvalue weighted by atomic mass is 9.81. The third-order valence-corrected chi connectivity index (χ3v) is 4.92. The number of amides is 1. The molecule has 1 saturated heterocycles. The van der Waals surface area contributed by atoms with Crippen molar-refractivity contribution >= 4 is 23.2 Å². The van der Waals surface area contributed by atoms with Gasteiger partial charge in [0.15, 0.2) is 0 Å². The number of hydrogen-bond acceptors (Lipinski definition) is 3. The van der Waals surface area contributed by atoms with E-state index in [9.17, 15) is 14.7 Å². The quantitative estimate of drug-likeness (QED) is 0.926. The molecule has 2 unspecified atom stereocenters. The van der Waals surface area contributed by atoms with Crippen LogP contribution in [-0.2, 0) is 9.59 Å². The summed E-state index contributed by atoms with van der Waals surface area (Å²) in [6, 6.07) is 3.88. The van der Waals surface area contributed by atoms with Gasteiger partial charge in [-0.2, -0.15) is 0 Å². The number of carboxylic acid groups (broad SMARTS) is 1. The van der Waals surface area contributed by atoms with Crippen molar-refractivity contribution in [3.8, 4) is 0 Å². The Labute approximate surface area is 117 Å². The Kier molecular flexibility index (Phi) is 3.94. The van der Waals surface area contributed by atoms with Gasteiger partial charge in [0.2, 0.25) is 5.91 Å². The molecule has 5 heteroatoms. The topological polar surface area (TPSA) is 57.6 Å².